The first kappa shape index (κ1) is 17.6. The van der Waals surface area contributed by atoms with Crippen LogP contribution in [-0.4, -0.2) is 16.7 Å². The Kier molecular flexibility index (Phi) is 6.30. The number of rotatable bonds is 5. The number of ketones is 1. The molecular formula is C17H19ClN2O2S. The highest BCUT2D eigenvalue weighted by molar-refractivity contribution is 7.15. The zero-order valence-corrected chi connectivity index (χ0v) is 14.3. The second kappa shape index (κ2) is 8.22. The summed E-state index contributed by atoms with van der Waals surface area (Å²) in [6.45, 7) is 0. The Morgan fingerprint density at radius 1 is 1.09 bits per heavy atom. The van der Waals surface area contributed by atoms with E-state index in [1.54, 1.807) is 23.5 Å². The molecule has 0 fully saturated rings. The molecule has 0 unspecified atom stereocenters. The molecule has 1 aliphatic carbocycles. The molecule has 1 N–H and O–H groups in total. The zero-order valence-electron chi connectivity index (χ0n) is 12.7. The van der Waals surface area contributed by atoms with Crippen LogP contribution in [0, 0.1) is 0 Å². The monoisotopic (exact) mass is 350 g/mol. The molecular weight excluding hydrogens is 332 g/mol. The fourth-order valence-corrected chi connectivity index (χ4v) is 3.65. The summed E-state index contributed by atoms with van der Waals surface area (Å²) >= 11 is 1.57. The van der Waals surface area contributed by atoms with Crippen LogP contribution in [-0.2, 0) is 17.6 Å². The number of carbonyl (C=O) groups is 2. The summed E-state index contributed by atoms with van der Waals surface area (Å²) in [7, 11) is 0. The fraction of sp³-hybridized carbons (Fsp3) is 0.353. The standard InChI is InChI=1S/C17H18N2O2S.ClH/c20-14(12-6-2-1-3-7-12)10-11-16(21)19-17-18-13-8-4-5-9-15(13)22-17;/h1-3,6-7H,4-5,8-11H2,(H,18,19,21);1H. The highest BCUT2D eigenvalue weighted by atomic mass is 35.5. The van der Waals surface area contributed by atoms with Crippen LogP contribution >= 0.6 is 23.7 Å². The molecule has 0 aliphatic heterocycles. The number of carbonyl (C=O) groups excluding carboxylic acids is 2. The third kappa shape index (κ3) is 4.62. The van der Waals surface area contributed by atoms with Gasteiger partial charge >= 0.3 is 0 Å². The van der Waals surface area contributed by atoms with Crippen molar-refractivity contribution < 1.29 is 9.59 Å². The minimum absolute atomic E-state index is 0. The SMILES string of the molecule is Cl.O=C(CCC(=O)c1ccccc1)Nc1nc2c(s1)CCCC2. The number of nitrogens with zero attached hydrogens (tertiary/aromatic N) is 1. The number of fused-ring (bicyclic) bond motifs is 1. The lowest BCUT2D eigenvalue weighted by Crippen LogP contribution is -2.13. The number of benzene rings is 1. The molecule has 2 aromatic rings. The Balaban J connectivity index is 0.00000192. The average Bonchev–Trinajstić information content (AvgIpc) is 2.95. The smallest absolute Gasteiger partial charge is 0.226 e. The maximum absolute atomic E-state index is 12.0. The van der Waals surface area contributed by atoms with Crippen LogP contribution < -0.4 is 5.32 Å². The predicted octanol–water partition coefficient (Wildman–Crippen LogP) is 4.05. The molecule has 1 aliphatic rings. The topological polar surface area (TPSA) is 59.1 Å². The van der Waals surface area contributed by atoms with E-state index in [4.69, 9.17) is 0 Å². The molecule has 0 saturated heterocycles. The number of amides is 1. The second-order valence-corrected chi connectivity index (χ2v) is 6.52. The van der Waals surface area contributed by atoms with Gasteiger partial charge in [-0.3, -0.25) is 9.59 Å². The number of hydrogen-bond donors (Lipinski definition) is 1. The highest BCUT2D eigenvalue weighted by Crippen LogP contribution is 2.29. The molecule has 0 bridgehead atoms. The van der Waals surface area contributed by atoms with Crippen molar-refractivity contribution in [3.05, 3.63) is 46.5 Å². The van der Waals surface area contributed by atoms with Crippen molar-refractivity contribution in [2.45, 2.75) is 38.5 Å². The maximum atomic E-state index is 12.0. The van der Waals surface area contributed by atoms with Gasteiger partial charge in [-0.2, -0.15) is 0 Å². The van der Waals surface area contributed by atoms with Gasteiger partial charge in [0, 0.05) is 23.3 Å². The van der Waals surface area contributed by atoms with Crippen molar-refractivity contribution in [3.63, 3.8) is 0 Å². The van der Waals surface area contributed by atoms with Crippen molar-refractivity contribution in [2.24, 2.45) is 0 Å². The Hall–Kier alpha value is -1.72. The lowest BCUT2D eigenvalue weighted by atomic mass is 10.0. The van der Waals surface area contributed by atoms with Crippen LogP contribution in [0.15, 0.2) is 30.3 Å². The number of aromatic nitrogens is 1. The van der Waals surface area contributed by atoms with Gasteiger partial charge in [0.25, 0.3) is 0 Å². The number of Topliss-reactive ketones (excluding diaryl/α,β-unsaturated/α-hetero) is 1. The van der Waals surface area contributed by atoms with Gasteiger partial charge in [-0.25, -0.2) is 4.98 Å². The van der Waals surface area contributed by atoms with Crippen molar-refractivity contribution in [1.82, 2.24) is 4.98 Å². The van der Waals surface area contributed by atoms with E-state index in [1.807, 2.05) is 18.2 Å². The molecule has 1 amide bonds. The fourth-order valence-electron chi connectivity index (χ4n) is 2.58. The minimum Gasteiger partial charge on any atom is -0.302 e. The molecule has 0 saturated carbocycles. The van der Waals surface area contributed by atoms with Crippen molar-refractivity contribution >= 4 is 40.6 Å². The van der Waals surface area contributed by atoms with Gasteiger partial charge in [0.1, 0.15) is 0 Å². The first-order valence-electron chi connectivity index (χ1n) is 7.59. The summed E-state index contributed by atoms with van der Waals surface area (Å²) in [6.07, 6.45) is 4.87. The van der Waals surface area contributed by atoms with Crippen LogP contribution in [0.4, 0.5) is 5.13 Å². The lowest BCUT2D eigenvalue weighted by molar-refractivity contribution is -0.116. The van der Waals surface area contributed by atoms with Crippen molar-refractivity contribution in [3.8, 4) is 0 Å². The molecule has 23 heavy (non-hydrogen) atoms. The summed E-state index contributed by atoms with van der Waals surface area (Å²) in [5.41, 5.74) is 1.78. The maximum Gasteiger partial charge on any atom is 0.226 e. The van der Waals surface area contributed by atoms with E-state index >= 15 is 0 Å². The van der Waals surface area contributed by atoms with E-state index in [0.717, 1.165) is 18.5 Å². The van der Waals surface area contributed by atoms with Crippen molar-refractivity contribution in [2.75, 3.05) is 5.32 Å². The summed E-state index contributed by atoms with van der Waals surface area (Å²) in [6, 6.07) is 9.07. The largest absolute Gasteiger partial charge is 0.302 e. The van der Waals surface area contributed by atoms with Gasteiger partial charge in [0.2, 0.25) is 5.91 Å². The third-order valence-corrected chi connectivity index (χ3v) is 4.84. The number of hydrogen-bond acceptors (Lipinski definition) is 4. The lowest BCUT2D eigenvalue weighted by Gasteiger charge is -2.06. The molecule has 0 radical (unpaired) electrons. The highest BCUT2D eigenvalue weighted by Gasteiger charge is 2.16. The zero-order chi connectivity index (χ0) is 15.4. The average molecular weight is 351 g/mol. The van der Waals surface area contributed by atoms with Crippen LogP contribution in [0.1, 0.15) is 46.6 Å². The van der Waals surface area contributed by atoms with Gasteiger partial charge < -0.3 is 5.32 Å². The molecule has 3 rings (SSSR count). The Morgan fingerprint density at radius 2 is 1.83 bits per heavy atom. The molecule has 6 heteroatoms. The third-order valence-electron chi connectivity index (χ3n) is 3.77. The molecule has 122 valence electrons. The summed E-state index contributed by atoms with van der Waals surface area (Å²) in [5, 5.41) is 3.49. The normalized spacial score (nSPS) is 12.9. The first-order valence-corrected chi connectivity index (χ1v) is 8.41. The molecule has 1 aromatic heterocycles. The van der Waals surface area contributed by atoms with Crippen LogP contribution in [0.25, 0.3) is 0 Å². The minimum atomic E-state index is -0.143. The summed E-state index contributed by atoms with van der Waals surface area (Å²) < 4.78 is 0. The Labute approximate surface area is 145 Å². The van der Waals surface area contributed by atoms with E-state index in [2.05, 4.69) is 10.3 Å². The number of nitrogens with one attached hydrogen (secondary N) is 1. The number of aryl methyl sites for hydroxylation is 2. The van der Waals surface area contributed by atoms with Gasteiger partial charge in [-0.05, 0) is 25.7 Å². The van der Waals surface area contributed by atoms with E-state index in [0.29, 0.717) is 10.7 Å². The van der Waals surface area contributed by atoms with Gasteiger partial charge in [0.05, 0.1) is 5.69 Å². The quantitative estimate of drug-likeness (QED) is 0.828. The van der Waals surface area contributed by atoms with E-state index < -0.39 is 0 Å². The van der Waals surface area contributed by atoms with E-state index in [-0.39, 0.29) is 36.9 Å². The number of anilines is 1. The number of halogens is 1. The van der Waals surface area contributed by atoms with Gasteiger partial charge in [-0.15, -0.1) is 23.7 Å². The van der Waals surface area contributed by atoms with Crippen LogP contribution in [0.2, 0.25) is 0 Å². The first-order chi connectivity index (χ1) is 10.7. The molecule has 0 spiro atoms. The molecule has 0 atom stereocenters. The molecule has 4 nitrogen and oxygen atoms in total. The van der Waals surface area contributed by atoms with Crippen LogP contribution in [0.3, 0.4) is 0 Å². The molecule has 1 aromatic carbocycles. The molecule has 1 heterocycles. The van der Waals surface area contributed by atoms with E-state index in [9.17, 15) is 9.59 Å². The van der Waals surface area contributed by atoms with Gasteiger partial charge in [-0.1, -0.05) is 30.3 Å². The van der Waals surface area contributed by atoms with Crippen molar-refractivity contribution in [1.29, 1.82) is 0 Å². The Morgan fingerprint density at radius 3 is 2.57 bits per heavy atom. The Bertz CT molecular complexity index is 662. The van der Waals surface area contributed by atoms with Gasteiger partial charge in [0.15, 0.2) is 10.9 Å². The summed E-state index contributed by atoms with van der Waals surface area (Å²) in [4.78, 5) is 29.7. The summed E-state index contributed by atoms with van der Waals surface area (Å²) in [5.74, 6) is -0.149. The number of thiazole rings is 1. The van der Waals surface area contributed by atoms with E-state index in [1.165, 1.54) is 17.7 Å². The predicted molar refractivity (Wildman–Crippen MR) is 94.6 cm³/mol. The van der Waals surface area contributed by atoms with Crippen LogP contribution in [0.5, 0.6) is 0 Å². The second-order valence-electron chi connectivity index (χ2n) is 5.43.